The minimum Gasteiger partial charge on any atom is -0.353 e. The molecule has 3 atom stereocenters. The molecule has 168 valence electrons. The van der Waals surface area contributed by atoms with Gasteiger partial charge in [-0.15, -0.1) is 0 Å². The third-order valence-corrected chi connectivity index (χ3v) is 7.18. The SMILES string of the molecule is CNN(C)C(c1cccnc1)c1nc(N2CC(C)NC(C3(C)CCC3)C2)ccc1CF. The second-order valence-corrected chi connectivity index (χ2v) is 9.40. The van der Waals surface area contributed by atoms with Crippen molar-refractivity contribution in [3.63, 3.8) is 0 Å². The van der Waals surface area contributed by atoms with Crippen LogP contribution in [0.25, 0.3) is 0 Å². The summed E-state index contributed by atoms with van der Waals surface area (Å²) >= 11 is 0. The van der Waals surface area contributed by atoms with Crippen molar-refractivity contribution in [3.05, 3.63) is 53.5 Å². The lowest BCUT2D eigenvalue weighted by Crippen LogP contribution is -2.62. The van der Waals surface area contributed by atoms with Crippen molar-refractivity contribution in [1.82, 2.24) is 25.7 Å². The van der Waals surface area contributed by atoms with Crippen LogP contribution in [0.4, 0.5) is 10.2 Å². The lowest BCUT2D eigenvalue weighted by Gasteiger charge is -2.51. The molecule has 2 aromatic heterocycles. The van der Waals surface area contributed by atoms with Crippen LogP contribution in [0.3, 0.4) is 0 Å². The Morgan fingerprint density at radius 3 is 2.74 bits per heavy atom. The van der Waals surface area contributed by atoms with E-state index in [-0.39, 0.29) is 6.04 Å². The number of nitrogens with zero attached hydrogens (tertiary/aromatic N) is 4. The van der Waals surface area contributed by atoms with Gasteiger partial charge in [0.1, 0.15) is 12.5 Å². The summed E-state index contributed by atoms with van der Waals surface area (Å²) in [5.41, 5.74) is 5.87. The molecule has 2 aromatic rings. The van der Waals surface area contributed by atoms with Crippen LogP contribution in [-0.2, 0) is 6.67 Å². The zero-order valence-corrected chi connectivity index (χ0v) is 19.1. The third kappa shape index (κ3) is 4.45. The predicted molar refractivity (Wildman–Crippen MR) is 123 cm³/mol. The summed E-state index contributed by atoms with van der Waals surface area (Å²) in [5.74, 6) is 0.923. The van der Waals surface area contributed by atoms with Crippen LogP contribution in [0.2, 0.25) is 0 Å². The largest absolute Gasteiger partial charge is 0.353 e. The number of aromatic nitrogens is 2. The van der Waals surface area contributed by atoms with Crippen LogP contribution in [0.1, 0.15) is 56.0 Å². The Morgan fingerprint density at radius 2 is 2.13 bits per heavy atom. The molecule has 0 radical (unpaired) electrons. The van der Waals surface area contributed by atoms with Gasteiger partial charge in [0.15, 0.2) is 0 Å². The van der Waals surface area contributed by atoms with Gasteiger partial charge >= 0.3 is 0 Å². The van der Waals surface area contributed by atoms with Crippen molar-refractivity contribution in [2.45, 2.75) is 57.9 Å². The summed E-state index contributed by atoms with van der Waals surface area (Å²) in [4.78, 5) is 11.7. The molecule has 0 aromatic carbocycles. The highest BCUT2D eigenvalue weighted by molar-refractivity contribution is 5.45. The minimum absolute atomic E-state index is 0.232. The lowest BCUT2D eigenvalue weighted by molar-refractivity contribution is 0.0848. The van der Waals surface area contributed by atoms with Crippen molar-refractivity contribution in [3.8, 4) is 0 Å². The van der Waals surface area contributed by atoms with Gasteiger partial charge in [-0.25, -0.2) is 14.4 Å². The topological polar surface area (TPSA) is 56.3 Å². The van der Waals surface area contributed by atoms with Gasteiger partial charge in [-0.3, -0.25) is 10.4 Å². The van der Waals surface area contributed by atoms with E-state index in [1.54, 1.807) is 6.20 Å². The van der Waals surface area contributed by atoms with E-state index in [4.69, 9.17) is 4.98 Å². The summed E-state index contributed by atoms with van der Waals surface area (Å²) in [7, 11) is 3.82. The predicted octanol–water partition coefficient (Wildman–Crippen LogP) is 3.46. The van der Waals surface area contributed by atoms with E-state index in [2.05, 4.69) is 34.5 Å². The maximum absolute atomic E-state index is 14.0. The van der Waals surface area contributed by atoms with Crippen LogP contribution >= 0.6 is 0 Å². The van der Waals surface area contributed by atoms with Gasteiger partial charge in [0.2, 0.25) is 0 Å². The summed E-state index contributed by atoms with van der Waals surface area (Å²) in [6.07, 6.45) is 7.46. The van der Waals surface area contributed by atoms with Crippen molar-refractivity contribution in [2.24, 2.45) is 5.41 Å². The molecule has 0 spiro atoms. The molecule has 0 bridgehead atoms. The molecule has 1 saturated heterocycles. The number of halogens is 1. The first-order chi connectivity index (χ1) is 14.9. The molecule has 3 unspecified atom stereocenters. The van der Waals surface area contributed by atoms with Crippen LogP contribution in [0.5, 0.6) is 0 Å². The number of nitrogens with one attached hydrogen (secondary N) is 2. The lowest BCUT2D eigenvalue weighted by atomic mass is 9.65. The van der Waals surface area contributed by atoms with Crippen molar-refractivity contribution < 1.29 is 4.39 Å². The normalized spacial score (nSPS) is 24.1. The zero-order chi connectivity index (χ0) is 22.0. The van der Waals surface area contributed by atoms with Crippen LogP contribution in [0, 0.1) is 5.41 Å². The van der Waals surface area contributed by atoms with Crippen LogP contribution in [0.15, 0.2) is 36.7 Å². The van der Waals surface area contributed by atoms with Gasteiger partial charge in [0.25, 0.3) is 0 Å². The molecule has 2 aliphatic rings. The van der Waals surface area contributed by atoms with Gasteiger partial charge < -0.3 is 10.2 Å². The molecule has 2 N–H and O–H groups in total. The average molecular weight is 427 g/mol. The molecule has 1 aliphatic heterocycles. The van der Waals surface area contributed by atoms with E-state index in [1.807, 2.05) is 49.6 Å². The number of rotatable bonds is 7. The Balaban J connectivity index is 1.69. The monoisotopic (exact) mass is 426 g/mol. The fraction of sp³-hybridized carbons (Fsp3) is 0.583. The van der Waals surface area contributed by atoms with E-state index < -0.39 is 6.67 Å². The first kappa shape index (κ1) is 22.1. The highest BCUT2D eigenvalue weighted by Crippen LogP contribution is 2.44. The number of alkyl halides is 1. The smallest absolute Gasteiger partial charge is 0.129 e. The van der Waals surface area contributed by atoms with E-state index in [1.165, 1.54) is 19.3 Å². The fourth-order valence-electron chi connectivity index (χ4n) is 5.02. The summed E-state index contributed by atoms with van der Waals surface area (Å²) in [6.45, 7) is 5.92. The quantitative estimate of drug-likeness (QED) is 0.662. The molecule has 7 heteroatoms. The van der Waals surface area contributed by atoms with Crippen molar-refractivity contribution >= 4 is 5.82 Å². The second kappa shape index (κ2) is 9.18. The molecule has 0 amide bonds. The Hall–Kier alpha value is -2.09. The minimum atomic E-state index is -0.546. The number of piperazine rings is 1. The molecular weight excluding hydrogens is 391 g/mol. The van der Waals surface area contributed by atoms with Crippen molar-refractivity contribution in [2.75, 3.05) is 32.1 Å². The molecule has 1 aliphatic carbocycles. The highest BCUT2D eigenvalue weighted by Gasteiger charge is 2.43. The maximum atomic E-state index is 14.0. The Bertz CT molecular complexity index is 872. The number of hydrogen-bond donors (Lipinski definition) is 2. The third-order valence-electron chi connectivity index (χ3n) is 7.18. The van der Waals surface area contributed by atoms with Gasteiger partial charge in [-0.05, 0) is 49.9 Å². The molecule has 6 nitrogen and oxygen atoms in total. The summed E-state index contributed by atoms with van der Waals surface area (Å²) < 4.78 is 14.0. The highest BCUT2D eigenvalue weighted by atomic mass is 19.1. The van der Waals surface area contributed by atoms with Gasteiger partial charge in [0.05, 0.1) is 11.7 Å². The molecule has 2 fully saturated rings. The average Bonchev–Trinajstić information content (AvgIpc) is 2.77. The van der Waals surface area contributed by atoms with E-state index in [0.717, 1.165) is 30.2 Å². The Kier molecular flexibility index (Phi) is 6.55. The maximum Gasteiger partial charge on any atom is 0.129 e. The number of hydrazine groups is 1. The van der Waals surface area contributed by atoms with Gasteiger partial charge in [-0.1, -0.05) is 25.5 Å². The van der Waals surface area contributed by atoms with E-state index >= 15 is 0 Å². The van der Waals surface area contributed by atoms with Crippen LogP contribution < -0.4 is 15.6 Å². The first-order valence-electron chi connectivity index (χ1n) is 11.3. The summed E-state index contributed by atoms with van der Waals surface area (Å²) in [6, 6.07) is 8.41. The Morgan fingerprint density at radius 1 is 1.32 bits per heavy atom. The van der Waals surface area contributed by atoms with E-state index in [9.17, 15) is 4.39 Å². The molecular formula is C24H35FN6. The number of anilines is 1. The van der Waals surface area contributed by atoms with Gasteiger partial charge in [0, 0.05) is 50.2 Å². The summed E-state index contributed by atoms with van der Waals surface area (Å²) in [5, 5.41) is 5.77. The first-order valence-corrected chi connectivity index (χ1v) is 11.3. The second-order valence-electron chi connectivity index (χ2n) is 9.40. The molecule has 1 saturated carbocycles. The number of pyridine rings is 2. The standard InChI is InChI=1S/C24H35FN6/c1-17-15-31(16-20(28-17)24(2)10-6-11-24)21-9-8-18(13-25)22(29-21)23(30(4)26-3)19-7-5-12-27-14-19/h5,7-9,12,14,17,20,23,26,28H,6,10-11,13,15-16H2,1-4H3. The zero-order valence-electron chi connectivity index (χ0n) is 19.1. The van der Waals surface area contributed by atoms with E-state index in [0.29, 0.717) is 23.1 Å². The molecule has 4 rings (SSSR count). The van der Waals surface area contributed by atoms with Crippen LogP contribution in [-0.4, -0.2) is 54.2 Å². The van der Waals surface area contributed by atoms with Gasteiger partial charge in [-0.2, -0.15) is 0 Å². The molecule has 31 heavy (non-hydrogen) atoms. The Labute approximate surface area is 185 Å². The van der Waals surface area contributed by atoms with Crippen molar-refractivity contribution in [1.29, 1.82) is 0 Å². The number of hydrogen-bond acceptors (Lipinski definition) is 6. The molecule has 3 heterocycles. The fourth-order valence-corrected chi connectivity index (χ4v) is 5.02.